The minimum atomic E-state index is -0.816. The van der Waals surface area contributed by atoms with Crippen LogP contribution < -0.4 is 0 Å². The van der Waals surface area contributed by atoms with Crippen LogP contribution in [0.4, 0.5) is 4.39 Å². The van der Waals surface area contributed by atoms with Gasteiger partial charge in [0.25, 0.3) is 5.91 Å². The van der Waals surface area contributed by atoms with Crippen molar-refractivity contribution in [2.45, 2.75) is 18.9 Å². The van der Waals surface area contributed by atoms with Crippen LogP contribution in [0.25, 0.3) is 0 Å². The van der Waals surface area contributed by atoms with Crippen molar-refractivity contribution in [3.8, 4) is 0 Å². The summed E-state index contributed by atoms with van der Waals surface area (Å²) in [6, 6.07) is 2.55. The maximum Gasteiger partial charge on any atom is 0.255 e. The lowest BCUT2D eigenvalue weighted by Gasteiger charge is -2.18. The van der Waals surface area contributed by atoms with E-state index in [0.29, 0.717) is 25.1 Å². The molecule has 16 heavy (non-hydrogen) atoms. The molecule has 1 fully saturated rings. The normalized spacial score (nSPS) is 24.8. The number of carbonyl (C=O) groups excluding carboxylic acids is 1. The van der Waals surface area contributed by atoms with Gasteiger partial charge in [0, 0.05) is 19.3 Å². The second-order valence-corrected chi connectivity index (χ2v) is 4.34. The van der Waals surface area contributed by atoms with Crippen molar-refractivity contribution in [1.29, 1.82) is 0 Å². The zero-order chi connectivity index (χ0) is 11.8. The van der Waals surface area contributed by atoms with Crippen molar-refractivity contribution < 1.29 is 14.3 Å². The third-order valence-electron chi connectivity index (χ3n) is 2.71. The van der Waals surface area contributed by atoms with Crippen LogP contribution in [0.3, 0.4) is 0 Å². The lowest BCUT2D eigenvalue weighted by molar-refractivity contribution is 0.0572. The van der Waals surface area contributed by atoms with Gasteiger partial charge in [-0.05, 0) is 25.5 Å². The van der Waals surface area contributed by atoms with Gasteiger partial charge in [-0.1, -0.05) is 0 Å². The van der Waals surface area contributed by atoms with Crippen LogP contribution in [0, 0.1) is 5.95 Å². The summed E-state index contributed by atoms with van der Waals surface area (Å²) in [5.41, 5.74) is -0.470. The van der Waals surface area contributed by atoms with E-state index in [-0.39, 0.29) is 5.91 Å². The average Bonchev–Trinajstić information content (AvgIpc) is 2.59. The van der Waals surface area contributed by atoms with Gasteiger partial charge < -0.3 is 10.0 Å². The third-order valence-corrected chi connectivity index (χ3v) is 2.71. The van der Waals surface area contributed by atoms with Crippen molar-refractivity contribution >= 4 is 5.91 Å². The van der Waals surface area contributed by atoms with Crippen molar-refractivity contribution in [2.24, 2.45) is 0 Å². The average molecular weight is 224 g/mol. The molecule has 0 radical (unpaired) electrons. The molecule has 0 saturated carbocycles. The molecule has 0 bridgehead atoms. The molecule has 1 aromatic rings. The van der Waals surface area contributed by atoms with Crippen molar-refractivity contribution in [1.82, 2.24) is 9.88 Å². The number of halogens is 1. The minimum absolute atomic E-state index is 0.217. The number of pyridine rings is 1. The summed E-state index contributed by atoms with van der Waals surface area (Å²) in [7, 11) is 0. The van der Waals surface area contributed by atoms with E-state index in [1.807, 2.05) is 0 Å². The Bertz CT molecular complexity index is 403. The van der Waals surface area contributed by atoms with Gasteiger partial charge in [0.15, 0.2) is 0 Å². The molecule has 1 N–H and O–H groups in total. The molecule has 5 heteroatoms. The molecule has 4 nitrogen and oxygen atoms in total. The molecule has 86 valence electrons. The molecule has 1 unspecified atom stereocenters. The number of carbonyl (C=O) groups is 1. The van der Waals surface area contributed by atoms with Crippen LogP contribution in [0.5, 0.6) is 0 Å². The molecule has 2 heterocycles. The van der Waals surface area contributed by atoms with Gasteiger partial charge >= 0.3 is 0 Å². The van der Waals surface area contributed by atoms with Crippen molar-refractivity contribution in [3.63, 3.8) is 0 Å². The standard InChI is InChI=1S/C11H13FN2O2/c1-11(16)4-5-14(7-11)10(15)8-2-3-9(12)13-6-8/h2-3,6,16H,4-5,7H2,1H3. The highest BCUT2D eigenvalue weighted by atomic mass is 19.1. The van der Waals surface area contributed by atoms with Gasteiger partial charge in [0.2, 0.25) is 5.95 Å². The first-order valence-electron chi connectivity index (χ1n) is 5.11. The molecular weight excluding hydrogens is 211 g/mol. The highest BCUT2D eigenvalue weighted by Gasteiger charge is 2.34. The zero-order valence-corrected chi connectivity index (χ0v) is 8.98. The van der Waals surface area contributed by atoms with Gasteiger partial charge in [-0.25, -0.2) is 4.98 Å². The predicted molar refractivity (Wildman–Crippen MR) is 55.3 cm³/mol. The molecule has 0 aliphatic carbocycles. The summed E-state index contributed by atoms with van der Waals surface area (Å²) in [5.74, 6) is -0.824. The second kappa shape index (κ2) is 3.83. The molecular formula is C11H13FN2O2. The predicted octanol–water partition coefficient (Wildman–Crippen LogP) is 0.818. The number of likely N-dealkylation sites (tertiary alicyclic amines) is 1. The largest absolute Gasteiger partial charge is 0.388 e. The van der Waals surface area contributed by atoms with Gasteiger partial charge in [-0.2, -0.15) is 4.39 Å². The van der Waals surface area contributed by atoms with E-state index in [0.717, 1.165) is 6.07 Å². The first-order chi connectivity index (χ1) is 7.48. The van der Waals surface area contributed by atoms with Gasteiger partial charge in [-0.15, -0.1) is 0 Å². The van der Waals surface area contributed by atoms with E-state index < -0.39 is 11.5 Å². The molecule has 1 amide bonds. The molecule has 1 atom stereocenters. The van der Waals surface area contributed by atoms with E-state index in [1.54, 1.807) is 11.8 Å². The Labute approximate surface area is 92.7 Å². The minimum Gasteiger partial charge on any atom is -0.388 e. The Hall–Kier alpha value is -1.49. The monoisotopic (exact) mass is 224 g/mol. The first kappa shape index (κ1) is 11.0. The Morgan fingerprint density at radius 2 is 2.38 bits per heavy atom. The SMILES string of the molecule is CC1(O)CCN(C(=O)c2ccc(F)nc2)C1. The number of β-amino-alcohol motifs (C(OH)–C–C–N with tert-alkyl or cyclic N) is 1. The lowest BCUT2D eigenvalue weighted by Crippen LogP contribution is -2.33. The summed E-state index contributed by atoms with van der Waals surface area (Å²) >= 11 is 0. The number of hydrogen-bond acceptors (Lipinski definition) is 3. The highest BCUT2D eigenvalue weighted by Crippen LogP contribution is 2.21. The van der Waals surface area contributed by atoms with E-state index in [2.05, 4.69) is 4.98 Å². The van der Waals surface area contributed by atoms with Crippen LogP contribution in [0.1, 0.15) is 23.7 Å². The Kier molecular flexibility index (Phi) is 2.63. The van der Waals surface area contributed by atoms with Crippen LogP contribution in [-0.2, 0) is 0 Å². The topological polar surface area (TPSA) is 53.4 Å². The summed E-state index contributed by atoms with van der Waals surface area (Å²) in [6.07, 6.45) is 1.78. The summed E-state index contributed by atoms with van der Waals surface area (Å²) < 4.78 is 12.6. The van der Waals surface area contributed by atoms with E-state index >= 15 is 0 Å². The first-order valence-corrected chi connectivity index (χ1v) is 5.11. The van der Waals surface area contributed by atoms with Crippen LogP contribution >= 0.6 is 0 Å². The van der Waals surface area contributed by atoms with Gasteiger partial charge in [0.05, 0.1) is 11.2 Å². The number of amides is 1. The summed E-state index contributed by atoms with van der Waals surface area (Å²) in [5, 5.41) is 9.74. The van der Waals surface area contributed by atoms with Gasteiger partial charge in [-0.3, -0.25) is 4.79 Å². The Morgan fingerprint density at radius 1 is 1.62 bits per heavy atom. The van der Waals surface area contributed by atoms with Crippen LogP contribution in [-0.4, -0.2) is 39.6 Å². The molecule has 1 saturated heterocycles. The zero-order valence-electron chi connectivity index (χ0n) is 8.98. The van der Waals surface area contributed by atoms with Crippen LogP contribution in [0.2, 0.25) is 0 Å². The fraction of sp³-hybridized carbons (Fsp3) is 0.455. The maximum atomic E-state index is 12.6. The molecule has 1 aliphatic rings. The number of aliphatic hydroxyl groups is 1. The van der Waals surface area contributed by atoms with Crippen molar-refractivity contribution in [2.75, 3.05) is 13.1 Å². The Morgan fingerprint density at radius 3 is 2.88 bits per heavy atom. The number of nitrogens with zero attached hydrogens (tertiary/aromatic N) is 2. The molecule has 2 rings (SSSR count). The lowest BCUT2D eigenvalue weighted by atomic mass is 10.1. The summed E-state index contributed by atoms with van der Waals surface area (Å²) in [4.78, 5) is 16.9. The molecule has 1 aromatic heterocycles. The molecule has 0 aromatic carbocycles. The smallest absolute Gasteiger partial charge is 0.255 e. The van der Waals surface area contributed by atoms with E-state index in [1.165, 1.54) is 12.3 Å². The highest BCUT2D eigenvalue weighted by molar-refractivity contribution is 5.94. The Balaban J connectivity index is 2.12. The second-order valence-electron chi connectivity index (χ2n) is 4.34. The van der Waals surface area contributed by atoms with E-state index in [4.69, 9.17) is 0 Å². The molecule has 0 spiro atoms. The number of aromatic nitrogens is 1. The molecule has 1 aliphatic heterocycles. The van der Waals surface area contributed by atoms with Crippen molar-refractivity contribution in [3.05, 3.63) is 29.8 Å². The number of hydrogen-bond donors (Lipinski definition) is 1. The fourth-order valence-electron chi connectivity index (χ4n) is 1.80. The van der Waals surface area contributed by atoms with Crippen LogP contribution in [0.15, 0.2) is 18.3 Å². The number of rotatable bonds is 1. The van der Waals surface area contributed by atoms with Gasteiger partial charge in [0.1, 0.15) is 0 Å². The quantitative estimate of drug-likeness (QED) is 0.718. The maximum absolute atomic E-state index is 12.6. The fourth-order valence-corrected chi connectivity index (χ4v) is 1.80. The third kappa shape index (κ3) is 2.19. The van der Waals surface area contributed by atoms with E-state index in [9.17, 15) is 14.3 Å². The summed E-state index contributed by atoms with van der Waals surface area (Å²) in [6.45, 7) is 2.52.